The molecule has 0 saturated carbocycles. The van der Waals surface area contributed by atoms with E-state index in [1.807, 2.05) is 0 Å². The molecule has 1 saturated heterocycles. The fraction of sp³-hybridized carbons (Fsp3) is 0.692. The van der Waals surface area contributed by atoms with Crippen molar-refractivity contribution in [2.75, 3.05) is 0 Å². The summed E-state index contributed by atoms with van der Waals surface area (Å²) < 4.78 is 7.28. The monoisotopic (exact) mass is 332 g/mol. The largest absolute Gasteiger partial charge is 0.369 e. The van der Waals surface area contributed by atoms with Gasteiger partial charge in [-0.15, -0.1) is 11.3 Å². The lowest BCUT2D eigenvalue weighted by molar-refractivity contribution is -0.0778. The zero-order valence-electron chi connectivity index (χ0n) is 11.3. The molecule has 1 aromatic rings. The molecule has 1 aliphatic heterocycles. The number of rotatable bonds is 3. The first-order valence-corrected chi connectivity index (χ1v) is 7.83. The standard InChI is InChI=1S/C13H21BrN2OS/c1-12(2)7-8(13(3,4)17-12)10(16-15)11-9(14)5-6-18-11/h5-6,8,10,16H,7,15H2,1-4H3. The van der Waals surface area contributed by atoms with Crippen LogP contribution in [0.4, 0.5) is 0 Å². The summed E-state index contributed by atoms with van der Waals surface area (Å²) in [5, 5.41) is 2.08. The maximum atomic E-state index is 6.16. The van der Waals surface area contributed by atoms with Crippen molar-refractivity contribution in [2.45, 2.75) is 51.4 Å². The van der Waals surface area contributed by atoms with Gasteiger partial charge >= 0.3 is 0 Å². The van der Waals surface area contributed by atoms with Gasteiger partial charge in [0.05, 0.1) is 17.2 Å². The Labute approximate surface area is 121 Å². The Bertz CT molecular complexity index is 430. The average Bonchev–Trinajstić information content (AvgIpc) is 2.71. The second-order valence-electron chi connectivity index (χ2n) is 6.05. The van der Waals surface area contributed by atoms with Crippen molar-refractivity contribution in [1.29, 1.82) is 0 Å². The summed E-state index contributed by atoms with van der Waals surface area (Å²) in [6.45, 7) is 8.59. The Balaban J connectivity index is 2.32. The Hall–Kier alpha value is 0.0600. The highest BCUT2D eigenvalue weighted by molar-refractivity contribution is 9.10. The predicted molar refractivity (Wildman–Crippen MR) is 79.4 cm³/mol. The van der Waals surface area contributed by atoms with Crippen LogP contribution < -0.4 is 11.3 Å². The molecule has 0 amide bonds. The smallest absolute Gasteiger partial charge is 0.0681 e. The predicted octanol–water partition coefficient (Wildman–Crippen LogP) is 3.61. The lowest BCUT2D eigenvalue weighted by Crippen LogP contribution is -2.41. The molecule has 2 unspecified atom stereocenters. The topological polar surface area (TPSA) is 47.3 Å². The number of thiophene rings is 1. The molecule has 102 valence electrons. The van der Waals surface area contributed by atoms with Gasteiger partial charge in [0.15, 0.2) is 0 Å². The van der Waals surface area contributed by atoms with Crippen LogP contribution >= 0.6 is 27.3 Å². The molecule has 2 rings (SSSR count). The molecule has 2 heterocycles. The average molecular weight is 333 g/mol. The summed E-state index contributed by atoms with van der Waals surface area (Å²) in [6.07, 6.45) is 0.999. The van der Waals surface area contributed by atoms with E-state index >= 15 is 0 Å². The molecular formula is C13H21BrN2OS. The van der Waals surface area contributed by atoms with Crippen LogP contribution in [0.15, 0.2) is 15.9 Å². The minimum absolute atomic E-state index is 0.0903. The van der Waals surface area contributed by atoms with Crippen LogP contribution in [0, 0.1) is 5.92 Å². The summed E-state index contributed by atoms with van der Waals surface area (Å²) in [6, 6.07) is 2.19. The van der Waals surface area contributed by atoms with Gasteiger partial charge in [-0.25, -0.2) is 0 Å². The van der Waals surface area contributed by atoms with Crippen molar-refractivity contribution in [2.24, 2.45) is 11.8 Å². The van der Waals surface area contributed by atoms with Crippen molar-refractivity contribution in [3.05, 3.63) is 20.8 Å². The van der Waals surface area contributed by atoms with E-state index < -0.39 is 0 Å². The number of hydrazine groups is 1. The van der Waals surface area contributed by atoms with Gasteiger partial charge in [0, 0.05) is 15.3 Å². The molecule has 0 aliphatic carbocycles. The van der Waals surface area contributed by atoms with E-state index in [1.54, 1.807) is 11.3 Å². The number of nitrogens with one attached hydrogen (secondary N) is 1. The number of halogens is 1. The number of hydrogen-bond acceptors (Lipinski definition) is 4. The molecular weight excluding hydrogens is 312 g/mol. The fourth-order valence-corrected chi connectivity index (χ4v) is 4.77. The van der Waals surface area contributed by atoms with Crippen molar-refractivity contribution < 1.29 is 4.74 Å². The quantitative estimate of drug-likeness (QED) is 0.656. The van der Waals surface area contributed by atoms with Gasteiger partial charge in [-0.3, -0.25) is 11.3 Å². The Morgan fingerprint density at radius 3 is 2.56 bits per heavy atom. The fourth-order valence-electron chi connectivity index (χ4n) is 3.03. The lowest BCUT2D eigenvalue weighted by atomic mass is 9.81. The first kappa shape index (κ1) is 14.5. The second kappa shape index (κ2) is 4.87. The molecule has 5 heteroatoms. The summed E-state index contributed by atoms with van der Waals surface area (Å²) >= 11 is 5.32. The van der Waals surface area contributed by atoms with Gasteiger partial charge in [-0.05, 0) is 61.5 Å². The first-order chi connectivity index (χ1) is 8.27. The first-order valence-electron chi connectivity index (χ1n) is 6.16. The van der Waals surface area contributed by atoms with Gasteiger partial charge in [0.25, 0.3) is 0 Å². The summed E-state index contributed by atoms with van der Waals surface area (Å²) in [5.74, 6) is 6.16. The molecule has 0 aromatic carbocycles. The van der Waals surface area contributed by atoms with Crippen LogP contribution in [0.3, 0.4) is 0 Å². The van der Waals surface area contributed by atoms with Crippen LogP contribution in [0.1, 0.15) is 45.0 Å². The second-order valence-corrected chi connectivity index (χ2v) is 7.85. The van der Waals surface area contributed by atoms with Crippen molar-refractivity contribution in [3.8, 4) is 0 Å². The van der Waals surface area contributed by atoms with Gasteiger partial charge < -0.3 is 4.74 Å². The highest BCUT2D eigenvalue weighted by atomic mass is 79.9. The van der Waals surface area contributed by atoms with Gasteiger partial charge in [-0.1, -0.05) is 0 Å². The van der Waals surface area contributed by atoms with Crippen molar-refractivity contribution >= 4 is 27.3 Å². The van der Waals surface area contributed by atoms with Crippen LogP contribution in [0.25, 0.3) is 0 Å². The molecule has 1 aliphatic rings. The van der Waals surface area contributed by atoms with Gasteiger partial charge in [0.1, 0.15) is 0 Å². The third-order valence-electron chi connectivity index (χ3n) is 3.65. The van der Waals surface area contributed by atoms with E-state index in [0.29, 0.717) is 5.92 Å². The molecule has 3 nitrogen and oxygen atoms in total. The Kier molecular flexibility index (Phi) is 3.91. The summed E-state index contributed by atoms with van der Waals surface area (Å²) in [4.78, 5) is 1.25. The maximum absolute atomic E-state index is 6.16. The summed E-state index contributed by atoms with van der Waals surface area (Å²) in [7, 11) is 0. The lowest BCUT2D eigenvalue weighted by Gasteiger charge is -2.32. The van der Waals surface area contributed by atoms with E-state index in [1.165, 1.54) is 4.88 Å². The zero-order valence-corrected chi connectivity index (χ0v) is 13.7. The number of ether oxygens (including phenoxy) is 1. The van der Waals surface area contributed by atoms with Gasteiger partial charge in [-0.2, -0.15) is 0 Å². The Morgan fingerprint density at radius 2 is 2.17 bits per heavy atom. The van der Waals surface area contributed by atoms with Crippen molar-refractivity contribution in [3.63, 3.8) is 0 Å². The molecule has 0 bridgehead atoms. The third kappa shape index (κ3) is 2.65. The van der Waals surface area contributed by atoms with Crippen LogP contribution in [0.2, 0.25) is 0 Å². The molecule has 1 fully saturated rings. The zero-order chi connectivity index (χ0) is 13.6. The maximum Gasteiger partial charge on any atom is 0.0681 e. The van der Waals surface area contributed by atoms with Crippen LogP contribution in [-0.4, -0.2) is 11.2 Å². The molecule has 2 atom stereocenters. The number of nitrogens with two attached hydrogens (primary N) is 1. The molecule has 3 N–H and O–H groups in total. The van der Waals surface area contributed by atoms with Crippen LogP contribution in [0.5, 0.6) is 0 Å². The Morgan fingerprint density at radius 1 is 1.50 bits per heavy atom. The van der Waals surface area contributed by atoms with E-state index in [4.69, 9.17) is 10.6 Å². The summed E-state index contributed by atoms with van der Waals surface area (Å²) in [5.41, 5.74) is 2.71. The number of hydrogen-bond donors (Lipinski definition) is 2. The highest BCUT2D eigenvalue weighted by Crippen LogP contribution is 2.49. The highest BCUT2D eigenvalue weighted by Gasteiger charge is 2.49. The minimum Gasteiger partial charge on any atom is -0.369 e. The van der Waals surface area contributed by atoms with E-state index in [2.05, 4.69) is 60.5 Å². The van der Waals surface area contributed by atoms with Crippen LogP contribution in [-0.2, 0) is 4.74 Å². The third-order valence-corrected chi connectivity index (χ3v) is 5.61. The molecule has 0 radical (unpaired) electrons. The normalized spacial score (nSPS) is 27.3. The minimum atomic E-state index is -0.177. The van der Waals surface area contributed by atoms with Crippen molar-refractivity contribution in [1.82, 2.24) is 5.43 Å². The SMILES string of the molecule is CC1(C)CC(C(NN)c2sccc2Br)C(C)(C)O1. The van der Waals surface area contributed by atoms with Gasteiger partial charge in [0.2, 0.25) is 0 Å². The molecule has 0 spiro atoms. The van der Waals surface area contributed by atoms with E-state index in [0.717, 1.165) is 10.9 Å². The van der Waals surface area contributed by atoms with E-state index in [-0.39, 0.29) is 17.2 Å². The van der Waals surface area contributed by atoms with E-state index in [9.17, 15) is 0 Å². The molecule has 18 heavy (non-hydrogen) atoms. The molecule has 1 aromatic heterocycles.